The molecular weight excluding hydrogens is 376 g/mol. The number of esters is 1. The molecule has 1 aromatic carbocycles. The van der Waals surface area contributed by atoms with Crippen molar-refractivity contribution in [2.45, 2.75) is 39.8 Å². The fourth-order valence-electron chi connectivity index (χ4n) is 2.00. The SMILES string of the molecule is COC(=O)[C@H](C)CN(Cc1ccc(Br)cc1)NC(=O)OC(C)(C)C. The number of hydrogen-bond donors (Lipinski definition) is 1. The predicted octanol–water partition coefficient (Wildman–Crippen LogP) is 3.50. The number of carbonyl (C=O) groups excluding carboxylic acids is 2. The molecule has 1 atom stereocenters. The van der Waals surface area contributed by atoms with E-state index in [1.165, 1.54) is 7.11 Å². The van der Waals surface area contributed by atoms with E-state index < -0.39 is 11.7 Å². The smallest absolute Gasteiger partial charge is 0.422 e. The van der Waals surface area contributed by atoms with Crippen LogP contribution in [0.25, 0.3) is 0 Å². The van der Waals surface area contributed by atoms with Crippen LogP contribution in [0.15, 0.2) is 28.7 Å². The van der Waals surface area contributed by atoms with E-state index in [4.69, 9.17) is 9.47 Å². The van der Waals surface area contributed by atoms with Gasteiger partial charge in [-0.25, -0.2) is 9.80 Å². The first-order valence-corrected chi connectivity index (χ1v) is 8.47. The van der Waals surface area contributed by atoms with Crippen LogP contribution in [-0.4, -0.2) is 36.3 Å². The topological polar surface area (TPSA) is 67.9 Å². The van der Waals surface area contributed by atoms with E-state index >= 15 is 0 Å². The number of ether oxygens (including phenoxy) is 2. The van der Waals surface area contributed by atoms with Crippen LogP contribution in [0.4, 0.5) is 4.79 Å². The summed E-state index contributed by atoms with van der Waals surface area (Å²) in [6, 6.07) is 7.72. The number of amides is 1. The van der Waals surface area contributed by atoms with E-state index in [9.17, 15) is 9.59 Å². The Morgan fingerprint density at radius 1 is 1.25 bits per heavy atom. The lowest BCUT2D eigenvalue weighted by molar-refractivity contribution is -0.145. The molecule has 0 saturated heterocycles. The van der Waals surface area contributed by atoms with Crippen molar-refractivity contribution in [2.24, 2.45) is 5.92 Å². The number of nitrogens with zero attached hydrogens (tertiary/aromatic N) is 1. The number of hydrazine groups is 1. The van der Waals surface area contributed by atoms with Gasteiger partial charge in [-0.2, -0.15) is 0 Å². The Balaban J connectivity index is 2.79. The molecule has 0 unspecified atom stereocenters. The lowest BCUT2D eigenvalue weighted by Gasteiger charge is -2.27. The van der Waals surface area contributed by atoms with Gasteiger partial charge in [-0.05, 0) is 38.5 Å². The Hall–Kier alpha value is -1.60. The van der Waals surface area contributed by atoms with Crippen molar-refractivity contribution in [3.63, 3.8) is 0 Å². The van der Waals surface area contributed by atoms with Crippen molar-refractivity contribution >= 4 is 28.0 Å². The minimum Gasteiger partial charge on any atom is -0.469 e. The normalized spacial score (nSPS) is 12.6. The van der Waals surface area contributed by atoms with Crippen molar-refractivity contribution in [1.29, 1.82) is 0 Å². The molecule has 0 saturated carbocycles. The molecule has 0 aliphatic heterocycles. The highest BCUT2D eigenvalue weighted by molar-refractivity contribution is 9.10. The molecule has 1 amide bonds. The molecule has 7 heteroatoms. The molecule has 0 radical (unpaired) electrons. The molecule has 1 aromatic rings. The molecule has 0 aromatic heterocycles. The van der Waals surface area contributed by atoms with E-state index in [2.05, 4.69) is 21.4 Å². The second-order valence-electron chi connectivity index (χ2n) is 6.54. The second-order valence-corrected chi connectivity index (χ2v) is 7.46. The van der Waals surface area contributed by atoms with Gasteiger partial charge in [0.15, 0.2) is 0 Å². The van der Waals surface area contributed by atoms with Crippen molar-refractivity contribution < 1.29 is 19.1 Å². The van der Waals surface area contributed by atoms with Crippen LogP contribution >= 0.6 is 15.9 Å². The van der Waals surface area contributed by atoms with Crippen LogP contribution in [-0.2, 0) is 20.8 Å². The minimum atomic E-state index is -0.596. The lowest BCUT2D eigenvalue weighted by Crippen LogP contribution is -2.47. The average Bonchev–Trinajstić information content (AvgIpc) is 2.46. The standard InChI is InChI=1S/C17H25BrN2O4/c1-12(15(21)23-5)10-20(19-16(22)24-17(2,3)4)11-13-6-8-14(18)9-7-13/h6-9,12H,10-11H2,1-5H3,(H,19,22)/t12-/m1/s1. The Bertz CT molecular complexity index is 555. The maximum absolute atomic E-state index is 12.0. The quantitative estimate of drug-likeness (QED) is 0.584. The molecule has 0 bridgehead atoms. The highest BCUT2D eigenvalue weighted by Gasteiger charge is 2.22. The van der Waals surface area contributed by atoms with Gasteiger partial charge >= 0.3 is 12.1 Å². The van der Waals surface area contributed by atoms with Crippen LogP contribution in [0.1, 0.15) is 33.3 Å². The molecule has 0 heterocycles. The molecule has 0 aliphatic carbocycles. The van der Waals surface area contributed by atoms with Gasteiger partial charge in [0.1, 0.15) is 5.60 Å². The largest absolute Gasteiger partial charge is 0.469 e. The highest BCUT2D eigenvalue weighted by atomic mass is 79.9. The molecule has 1 rings (SSSR count). The molecule has 134 valence electrons. The van der Waals surface area contributed by atoms with Crippen LogP contribution in [0.3, 0.4) is 0 Å². The summed E-state index contributed by atoms with van der Waals surface area (Å²) in [5.74, 6) is -0.720. The third kappa shape index (κ3) is 7.79. The predicted molar refractivity (Wildman–Crippen MR) is 95.1 cm³/mol. The second kappa shape index (κ2) is 9.03. The van der Waals surface area contributed by atoms with Gasteiger partial charge in [-0.15, -0.1) is 0 Å². The Labute approximate surface area is 151 Å². The van der Waals surface area contributed by atoms with Gasteiger partial charge in [0.05, 0.1) is 13.0 Å². The number of halogens is 1. The van der Waals surface area contributed by atoms with Crippen molar-refractivity contribution in [3.05, 3.63) is 34.3 Å². The first-order chi connectivity index (χ1) is 11.1. The third-order valence-corrected chi connectivity index (χ3v) is 3.56. The number of rotatable bonds is 6. The highest BCUT2D eigenvalue weighted by Crippen LogP contribution is 2.13. The monoisotopic (exact) mass is 400 g/mol. The Morgan fingerprint density at radius 2 is 1.83 bits per heavy atom. The summed E-state index contributed by atoms with van der Waals surface area (Å²) < 4.78 is 11.0. The Morgan fingerprint density at radius 3 is 2.33 bits per heavy atom. The molecule has 0 fully saturated rings. The van der Waals surface area contributed by atoms with Crippen LogP contribution in [0.5, 0.6) is 0 Å². The van der Waals surface area contributed by atoms with E-state index in [-0.39, 0.29) is 11.9 Å². The molecule has 1 N–H and O–H groups in total. The Kier molecular flexibility index (Phi) is 7.69. The maximum Gasteiger partial charge on any atom is 0.422 e. The molecule has 24 heavy (non-hydrogen) atoms. The van der Waals surface area contributed by atoms with Gasteiger partial charge in [-0.3, -0.25) is 10.2 Å². The van der Waals surface area contributed by atoms with E-state index in [0.29, 0.717) is 13.1 Å². The van der Waals surface area contributed by atoms with E-state index in [0.717, 1.165) is 10.0 Å². The number of nitrogens with one attached hydrogen (secondary N) is 1. The number of hydrogen-bond acceptors (Lipinski definition) is 5. The summed E-state index contributed by atoms with van der Waals surface area (Å²) in [5, 5.41) is 1.65. The third-order valence-electron chi connectivity index (χ3n) is 3.03. The van der Waals surface area contributed by atoms with Gasteiger partial charge in [0.25, 0.3) is 0 Å². The molecule has 0 aliphatic rings. The molecule has 0 spiro atoms. The average molecular weight is 401 g/mol. The van der Waals surface area contributed by atoms with Crippen molar-refractivity contribution in [2.75, 3.05) is 13.7 Å². The zero-order valence-electron chi connectivity index (χ0n) is 14.8. The molecule has 6 nitrogen and oxygen atoms in total. The zero-order chi connectivity index (χ0) is 18.3. The van der Waals surface area contributed by atoms with Gasteiger partial charge < -0.3 is 9.47 Å². The van der Waals surface area contributed by atoms with E-state index in [1.54, 1.807) is 32.7 Å². The number of benzene rings is 1. The summed E-state index contributed by atoms with van der Waals surface area (Å²) in [6.07, 6.45) is -0.559. The summed E-state index contributed by atoms with van der Waals surface area (Å²) >= 11 is 3.39. The lowest BCUT2D eigenvalue weighted by atomic mass is 10.1. The van der Waals surface area contributed by atoms with Crippen LogP contribution < -0.4 is 5.43 Å². The first-order valence-electron chi connectivity index (χ1n) is 7.67. The van der Waals surface area contributed by atoms with Crippen molar-refractivity contribution in [3.8, 4) is 0 Å². The van der Waals surface area contributed by atoms with Crippen LogP contribution in [0.2, 0.25) is 0 Å². The van der Waals surface area contributed by atoms with Crippen molar-refractivity contribution in [1.82, 2.24) is 10.4 Å². The fraction of sp³-hybridized carbons (Fsp3) is 0.529. The van der Waals surface area contributed by atoms with Gasteiger partial charge in [0, 0.05) is 17.6 Å². The summed E-state index contributed by atoms with van der Waals surface area (Å²) in [7, 11) is 1.35. The van der Waals surface area contributed by atoms with Gasteiger partial charge in [0.2, 0.25) is 0 Å². The zero-order valence-corrected chi connectivity index (χ0v) is 16.3. The van der Waals surface area contributed by atoms with Gasteiger partial charge in [-0.1, -0.05) is 35.0 Å². The summed E-state index contributed by atoms with van der Waals surface area (Å²) in [6.45, 7) is 7.88. The number of carbonyl (C=O) groups is 2. The number of methoxy groups -OCH3 is 1. The van der Waals surface area contributed by atoms with Crippen LogP contribution in [0, 0.1) is 5.92 Å². The molecular formula is C17H25BrN2O4. The minimum absolute atomic E-state index is 0.308. The fourth-order valence-corrected chi connectivity index (χ4v) is 2.26. The first kappa shape index (κ1) is 20.4. The summed E-state index contributed by atoms with van der Waals surface area (Å²) in [4.78, 5) is 23.7. The summed E-state index contributed by atoms with van der Waals surface area (Å²) in [5.41, 5.74) is 3.10. The van der Waals surface area contributed by atoms with E-state index in [1.807, 2.05) is 24.3 Å². The maximum atomic E-state index is 12.0.